The Balaban J connectivity index is 1.60. The number of anilines is 3. The van der Waals surface area contributed by atoms with Crippen LogP contribution in [0.2, 0.25) is 0 Å². The van der Waals surface area contributed by atoms with Crippen LogP contribution in [-0.2, 0) is 17.8 Å². The van der Waals surface area contributed by atoms with Crippen molar-refractivity contribution < 1.29 is 23.7 Å². The molecule has 0 aliphatic carbocycles. The van der Waals surface area contributed by atoms with Gasteiger partial charge in [0.2, 0.25) is 5.75 Å². The molecule has 11 nitrogen and oxygen atoms in total. The number of nitrogen functional groups attached to an aromatic ring is 1. The van der Waals surface area contributed by atoms with E-state index in [9.17, 15) is 4.79 Å². The van der Waals surface area contributed by atoms with Crippen molar-refractivity contribution in [3.8, 4) is 28.6 Å². The molecule has 214 valence electrons. The van der Waals surface area contributed by atoms with Crippen LogP contribution in [0.1, 0.15) is 37.7 Å². The number of carbonyl (C=O) groups is 1. The number of carbonyl (C=O) groups excluding carboxylic acids is 1. The Hall–Kier alpha value is -4.80. The molecule has 0 saturated heterocycles. The van der Waals surface area contributed by atoms with E-state index in [1.54, 1.807) is 38.4 Å². The number of benzene rings is 2. The smallest absolute Gasteiger partial charge is 0.410 e. The third kappa shape index (κ3) is 5.60. The van der Waals surface area contributed by atoms with Gasteiger partial charge in [0.05, 0.1) is 45.6 Å². The Kier molecular flexibility index (Phi) is 7.20. The summed E-state index contributed by atoms with van der Waals surface area (Å²) in [7, 11) is 4.66. The van der Waals surface area contributed by atoms with Crippen molar-refractivity contribution in [3.05, 3.63) is 53.3 Å². The summed E-state index contributed by atoms with van der Waals surface area (Å²) in [5.41, 5.74) is 10.9. The fourth-order valence-electron chi connectivity index (χ4n) is 4.76. The van der Waals surface area contributed by atoms with Crippen LogP contribution in [0.5, 0.6) is 17.2 Å². The highest BCUT2D eigenvalue weighted by molar-refractivity contribution is 5.93. The molecule has 1 amide bonds. The molecule has 0 fully saturated rings. The third-order valence-corrected chi connectivity index (χ3v) is 6.59. The number of nitrogens with zero attached hydrogens (tertiary/aromatic N) is 4. The zero-order chi connectivity index (χ0) is 29.5. The molecule has 0 spiro atoms. The van der Waals surface area contributed by atoms with E-state index in [1.165, 1.54) is 0 Å². The second kappa shape index (κ2) is 10.6. The topological polar surface area (TPSA) is 134 Å². The SMILES string of the molecule is COc1cc(-c2nc3c(c(Nc4ccc5nc(C)cc(N)c5c4)n2)CN(C(=O)OC(C)(C)C)C3)cc(OC)c1OC. The summed E-state index contributed by atoms with van der Waals surface area (Å²) in [6.45, 7) is 7.99. The van der Waals surface area contributed by atoms with Gasteiger partial charge in [-0.25, -0.2) is 14.8 Å². The quantitative estimate of drug-likeness (QED) is 0.308. The van der Waals surface area contributed by atoms with E-state index in [1.807, 2.05) is 52.0 Å². The fraction of sp³-hybridized carbons (Fsp3) is 0.333. The van der Waals surface area contributed by atoms with Gasteiger partial charge in [0.25, 0.3) is 0 Å². The van der Waals surface area contributed by atoms with Crippen molar-refractivity contribution in [1.82, 2.24) is 19.9 Å². The fourth-order valence-corrected chi connectivity index (χ4v) is 4.76. The van der Waals surface area contributed by atoms with Crippen molar-refractivity contribution in [2.75, 3.05) is 32.4 Å². The predicted octanol–water partition coefficient (Wildman–Crippen LogP) is 5.60. The molecule has 1 aliphatic rings. The number of aromatic nitrogens is 3. The van der Waals surface area contributed by atoms with Crippen molar-refractivity contribution in [1.29, 1.82) is 0 Å². The molecule has 4 aromatic rings. The molecule has 3 heterocycles. The van der Waals surface area contributed by atoms with E-state index in [0.717, 1.165) is 27.8 Å². The number of rotatable bonds is 6. The largest absolute Gasteiger partial charge is 0.493 e. The summed E-state index contributed by atoms with van der Waals surface area (Å²) < 4.78 is 22.2. The van der Waals surface area contributed by atoms with E-state index in [-0.39, 0.29) is 6.54 Å². The number of hydrogen-bond donors (Lipinski definition) is 2. The van der Waals surface area contributed by atoms with Crippen LogP contribution in [0.4, 0.5) is 22.0 Å². The number of hydrogen-bond acceptors (Lipinski definition) is 10. The van der Waals surface area contributed by atoms with Gasteiger partial charge in [-0.3, -0.25) is 9.88 Å². The molecule has 0 radical (unpaired) electrons. The lowest BCUT2D eigenvalue weighted by molar-refractivity contribution is 0.0241. The summed E-state index contributed by atoms with van der Waals surface area (Å²) >= 11 is 0. The van der Waals surface area contributed by atoms with E-state index in [0.29, 0.717) is 52.4 Å². The Morgan fingerprint density at radius 3 is 2.29 bits per heavy atom. The first-order chi connectivity index (χ1) is 19.5. The molecule has 2 aromatic carbocycles. The average Bonchev–Trinajstić information content (AvgIpc) is 3.36. The third-order valence-electron chi connectivity index (χ3n) is 6.59. The molecule has 2 aromatic heterocycles. The first-order valence-electron chi connectivity index (χ1n) is 13.1. The lowest BCUT2D eigenvalue weighted by Gasteiger charge is -2.24. The van der Waals surface area contributed by atoms with Crippen molar-refractivity contribution in [2.24, 2.45) is 0 Å². The summed E-state index contributed by atoms with van der Waals surface area (Å²) in [4.78, 5) is 28.9. The normalized spacial score (nSPS) is 12.7. The zero-order valence-corrected chi connectivity index (χ0v) is 24.3. The van der Waals surface area contributed by atoms with Crippen LogP contribution in [0.15, 0.2) is 36.4 Å². The number of nitrogens with two attached hydrogens (primary N) is 1. The number of aryl methyl sites for hydroxylation is 1. The first kappa shape index (κ1) is 27.8. The van der Waals surface area contributed by atoms with Gasteiger partial charge in [-0.1, -0.05) is 0 Å². The maximum absolute atomic E-state index is 13.0. The van der Waals surface area contributed by atoms with Gasteiger partial charge in [-0.05, 0) is 64.1 Å². The van der Waals surface area contributed by atoms with Crippen LogP contribution < -0.4 is 25.3 Å². The number of methoxy groups -OCH3 is 3. The molecule has 0 bridgehead atoms. The number of ether oxygens (including phenoxy) is 4. The van der Waals surface area contributed by atoms with E-state index in [2.05, 4.69) is 10.3 Å². The Labute approximate surface area is 238 Å². The predicted molar refractivity (Wildman–Crippen MR) is 157 cm³/mol. The van der Waals surface area contributed by atoms with Crippen LogP contribution in [-0.4, -0.2) is 52.9 Å². The summed E-state index contributed by atoms with van der Waals surface area (Å²) in [5.74, 6) is 2.40. The average molecular weight is 559 g/mol. The highest BCUT2D eigenvalue weighted by Gasteiger charge is 2.32. The zero-order valence-electron chi connectivity index (χ0n) is 24.3. The summed E-state index contributed by atoms with van der Waals surface area (Å²) in [6.07, 6.45) is -0.421. The minimum absolute atomic E-state index is 0.271. The lowest BCUT2D eigenvalue weighted by Crippen LogP contribution is -2.33. The van der Waals surface area contributed by atoms with Crippen molar-refractivity contribution >= 4 is 34.2 Å². The maximum Gasteiger partial charge on any atom is 0.410 e. The Morgan fingerprint density at radius 2 is 1.66 bits per heavy atom. The second-order valence-corrected chi connectivity index (χ2v) is 10.8. The first-order valence-corrected chi connectivity index (χ1v) is 13.1. The second-order valence-electron chi connectivity index (χ2n) is 10.8. The lowest BCUT2D eigenvalue weighted by atomic mass is 10.1. The van der Waals surface area contributed by atoms with Crippen LogP contribution in [0, 0.1) is 6.92 Å². The van der Waals surface area contributed by atoms with Gasteiger partial charge < -0.3 is 30.0 Å². The highest BCUT2D eigenvalue weighted by atomic mass is 16.6. The minimum Gasteiger partial charge on any atom is -0.493 e. The number of nitrogens with one attached hydrogen (secondary N) is 1. The van der Waals surface area contributed by atoms with Gasteiger partial charge in [0, 0.05) is 33.6 Å². The highest BCUT2D eigenvalue weighted by Crippen LogP contribution is 2.41. The Bertz CT molecular complexity index is 1620. The molecular weight excluding hydrogens is 524 g/mol. The molecule has 3 N–H and O–H groups in total. The van der Waals surface area contributed by atoms with Gasteiger partial charge >= 0.3 is 6.09 Å². The Morgan fingerprint density at radius 1 is 0.951 bits per heavy atom. The molecule has 5 rings (SSSR count). The number of pyridine rings is 1. The summed E-state index contributed by atoms with van der Waals surface area (Å²) in [6, 6.07) is 11.2. The number of fused-ring (bicyclic) bond motifs is 2. The van der Waals surface area contributed by atoms with E-state index >= 15 is 0 Å². The van der Waals surface area contributed by atoms with E-state index < -0.39 is 11.7 Å². The molecule has 0 unspecified atom stereocenters. The van der Waals surface area contributed by atoms with Crippen LogP contribution in [0.25, 0.3) is 22.3 Å². The molecular formula is C30H34N6O5. The van der Waals surface area contributed by atoms with Gasteiger partial charge in [0.1, 0.15) is 11.4 Å². The molecule has 0 saturated carbocycles. The molecule has 41 heavy (non-hydrogen) atoms. The van der Waals surface area contributed by atoms with Gasteiger partial charge in [-0.2, -0.15) is 0 Å². The molecule has 1 aliphatic heterocycles. The van der Waals surface area contributed by atoms with Crippen LogP contribution in [0.3, 0.4) is 0 Å². The van der Waals surface area contributed by atoms with Gasteiger partial charge in [0.15, 0.2) is 17.3 Å². The van der Waals surface area contributed by atoms with Crippen molar-refractivity contribution in [2.45, 2.75) is 46.4 Å². The summed E-state index contributed by atoms with van der Waals surface area (Å²) in [5, 5.41) is 4.26. The monoisotopic (exact) mass is 558 g/mol. The van der Waals surface area contributed by atoms with Crippen LogP contribution >= 0.6 is 0 Å². The van der Waals surface area contributed by atoms with Crippen molar-refractivity contribution in [3.63, 3.8) is 0 Å². The minimum atomic E-state index is -0.628. The van der Waals surface area contributed by atoms with Gasteiger partial charge in [-0.15, -0.1) is 0 Å². The van der Waals surface area contributed by atoms with E-state index in [4.69, 9.17) is 34.6 Å². The molecule has 0 atom stereocenters. The number of amides is 1. The molecule has 11 heteroatoms. The maximum atomic E-state index is 13.0. The standard InChI is InChI=1S/C30H34N6O5/c1-16-10-21(31)19-13-18(8-9-22(19)32-16)33-28-20-14-36(29(37)41-30(2,3)4)15-23(20)34-27(35-28)17-11-24(38-5)26(40-7)25(12-17)39-6/h8-13H,14-15H2,1-7H3,(H2,31,32)(H,33,34,35).